The number of aliphatic carboxylic acids is 2. The number of hydrogen-bond acceptors (Lipinski definition) is 8. The van der Waals surface area contributed by atoms with Crippen LogP contribution in [0.4, 0.5) is 5.69 Å². The van der Waals surface area contributed by atoms with Gasteiger partial charge in [0.25, 0.3) is 0 Å². The first-order chi connectivity index (χ1) is 16.6. The van der Waals surface area contributed by atoms with Crippen LogP contribution in [0.25, 0.3) is 0 Å². The van der Waals surface area contributed by atoms with Crippen LogP contribution in [0.1, 0.15) is 34.3 Å². The van der Waals surface area contributed by atoms with Crippen LogP contribution < -0.4 is 26.3 Å². The van der Waals surface area contributed by atoms with Crippen LogP contribution in [-0.2, 0) is 22.4 Å². The number of carbonyl (C=O) groups is 3. The molecule has 0 aromatic heterocycles. The van der Waals surface area contributed by atoms with Gasteiger partial charge in [-0.05, 0) is 42.2 Å². The fourth-order valence-corrected chi connectivity index (χ4v) is 3.54. The molecule has 1 unspecified atom stereocenters. The van der Waals surface area contributed by atoms with Gasteiger partial charge in [0, 0.05) is 12.5 Å². The van der Waals surface area contributed by atoms with Gasteiger partial charge in [-0.25, -0.2) is 9.79 Å². The number of aliphatic imine (C=N–C) groups is 1. The molecule has 1 aliphatic rings. The van der Waals surface area contributed by atoms with E-state index >= 15 is 0 Å². The first-order valence-electron chi connectivity index (χ1n) is 10.7. The molecule has 0 fully saturated rings. The molecule has 3 rings (SSSR count). The highest BCUT2D eigenvalue weighted by atomic mass is 16.5. The van der Waals surface area contributed by atoms with Gasteiger partial charge in [-0.15, -0.1) is 0 Å². The van der Waals surface area contributed by atoms with Gasteiger partial charge < -0.3 is 36.3 Å². The summed E-state index contributed by atoms with van der Waals surface area (Å²) in [6, 6.07) is 8.40. The van der Waals surface area contributed by atoms with E-state index in [1.807, 2.05) is 6.07 Å². The van der Waals surface area contributed by atoms with Crippen LogP contribution in [0.15, 0.2) is 41.4 Å². The Kier molecular flexibility index (Phi) is 8.23. The average Bonchev–Trinajstić information content (AvgIpc) is 2.83. The zero-order valence-corrected chi connectivity index (χ0v) is 18.6. The lowest BCUT2D eigenvalue weighted by atomic mass is 10.0. The summed E-state index contributed by atoms with van der Waals surface area (Å²) in [4.78, 5) is 38.6. The quantitative estimate of drug-likeness (QED) is 0.0946. The Morgan fingerprint density at radius 2 is 1.89 bits per heavy atom. The molecule has 35 heavy (non-hydrogen) atoms. The van der Waals surface area contributed by atoms with E-state index in [0.29, 0.717) is 29.8 Å². The maximum Gasteiger partial charge on any atom is 0.347 e. The standard InChI is InChI=1S/C23H26N4O8/c24-23(25)26-14-3-4-15-18(10-14)34-8-7-13-9-12(1-5-17(13)35-22(15)33)2-6-19(28)27-16(21(31)32)11-20(29)30/h1,3-5,9-10,16,19,27-28H,2,6-8,11H2,(H,29,30)(H,31,32)(H4,24,25,26)/t16-,19?/m0/s1. The van der Waals surface area contributed by atoms with E-state index < -0.39 is 36.6 Å². The molecule has 1 heterocycles. The number of aliphatic hydroxyl groups excluding tert-OH is 1. The van der Waals surface area contributed by atoms with Crippen molar-refractivity contribution in [1.29, 1.82) is 0 Å². The van der Waals surface area contributed by atoms with Gasteiger partial charge in [-0.2, -0.15) is 0 Å². The van der Waals surface area contributed by atoms with Gasteiger partial charge in [0.2, 0.25) is 0 Å². The fraction of sp³-hybridized carbons (Fsp3) is 0.304. The zero-order valence-electron chi connectivity index (χ0n) is 18.6. The second kappa shape index (κ2) is 11.3. The molecular weight excluding hydrogens is 460 g/mol. The number of carbonyl (C=O) groups excluding carboxylic acids is 1. The summed E-state index contributed by atoms with van der Waals surface area (Å²) >= 11 is 0. The minimum Gasteiger partial charge on any atom is -0.492 e. The Labute approximate surface area is 200 Å². The van der Waals surface area contributed by atoms with E-state index in [-0.39, 0.29) is 30.3 Å². The van der Waals surface area contributed by atoms with Gasteiger partial charge in [-0.1, -0.05) is 12.1 Å². The summed E-state index contributed by atoms with van der Waals surface area (Å²) in [5, 5.41) is 30.4. The van der Waals surface area contributed by atoms with E-state index in [2.05, 4.69) is 10.3 Å². The highest BCUT2D eigenvalue weighted by molar-refractivity contribution is 5.95. The van der Waals surface area contributed by atoms with Crippen molar-refractivity contribution >= 4 is 29.6 Å². The van der Waals surface area contributed by atoms with Crippen LogP contribution in [0.3, 0.4) is 0 Å². The fourth-order valence-electron chi connectivity index (χ4n) is 3.54. The van der Waals surface area contributed by atoms with Crippen LogP contribution in [0, 0.1) is 0 Å². The molecule has 2 atom stereocenters. The molecule has 0 bridgehead atoms. The number of ether oxygens (including phenoxy) is 2. The summed E-state index contributed by atoms with van der Waals surface area (Å²) in [5.74, 6) is -2.73. The van der Waals surface area contributed by atoms with Crippen LogP contribution in [0.5, 0.6) is 11.5 Å². The molecule has 2 aromatic carbocycles. The zero-order chi connectivity index (χ0) is 25.5. The van der Waals surface area contributed by atoms with Crippen molar-refractivity contribution in [3.63, 3.8) is 0 Å². The number of esters is 1. The number of hydrogen-bond donors (Lipinski definition) is 6. The van der Waals surface area contributed by atoms with Crippen molar-refractivity contribution in [2.75, 3.05) is 6.61 Å². The number of fused-ring (bicyclic) bond motifs is 2. The lowest BCUT2D eigenvalue weighted by molar-refractivity contribution is -0.147. The number of rotatable bonds is 9. The molecule has 0 aliphatic carbocycles. The number of guanidine groups is 1. The summed E-state index contributed by atoms with van der Waals surface area (Å²) < 4.78 is 11.4. The van der Waals surface area contributed by atoms with Crippen molar-refractivity contribution in [2.24, 2.45) is 16.5 Å². The van der Waals surface area contributed by atoms with Gasteiger partial charge in [-0.3, -0.25) is 14.9 Å². The lowest BCUT2D eigenvalue weighted by Gasteiger charge is -2.18. The van der Waals surface area contributed by atoms with Crippen molar-refractivity contribution < 1.29 is 39.2 Å². The second-order valence-electron chi connectivity index (χ2n) is 7.86. The number of benzene rings is 2. The Morgan fingerprint density at radius 1 is 1.11 bits per heavy atom. The van der Waals surface area contributed by atoms with E-state index in [1.54, 1.807) is 24.3 Å². The molecule has 0 saturated heterocycles. The lowest BCUT2D eigenvalue weighted by Crippen LogP contribution is -2.44. The molecule has 0 spiro atoms. The monoisotopic (exact) mass is 486 g/mol. The number of carboxylic acids is 2. The third-order valence-corrected chi connectivity index (χ3v) is 5.18. The molecule has 0 saturated carbocycles. The Bertz CT molecular complexity index is 1150. The van der Waals surface area contributed by atoms with Crippen LogP contribution in [-0.4, -0.2) is 58.1 Å². The minimum absolute atomic E-state index is 0.129. The summed E-state index contributed by atoms with van der Waals surface area (Å²) in [7, 11) is 0. The highest BCUT2D eigenvalue weighted by Gasteiger charge is 2.24. The number of aliphatic hydroxyl groups is 1. The number of nitrogens with two attached hydrogens (primary N) is 2. The smallest absolute Gasteiger partial charge is 0.347 e. The van der Waals surface area contributed by atoms with Crippen LogP contribution in [0.2, 0.25) is 0 Å². The Morgan fingerprint density at radius 3 is 2.57 bits per heavy atom. The summed E-state index contributed by atoms with van der Waals surface area (Å²) in [6.07, 6.45) is -0.972. The molecule has 186 valence electrons. The number of aryl methyl sites for hydroxylation is 1. The molecule has 12 nitrogen and oxygen atoms in total. The Balaban J connectivity index is 1.69. The molecular formula is C23H26N4O8. The van der Waals surface area contributed by atoms with Crippen molar-refractivity contribution in [3.05, 3.63) is 53.1 Å². The molecule has 0 radical (unpaired) electrons. The third kappa shape index (κ3) is 7.16. The molecule has 12 heteroatoms. The highest BCUT2D eigenvalue weighted by Crippen LogP contribution is 2.30. The molecule has 2 aromatic rings. The largest absolute Gasteiger partial charge is 0.492 e. The maximum absolute atomic E-state index is 12.7. The van der Waals surface area contributed by atoms with Crippen LogP contribution >= 0.6 is 0 Å². The third-order valence-electron chi connectivity index (χ3n) is 5.18. The molecule has 1 aliphatic heterocycles. The summed E-state index contributed by atoms with van der Waals surface area (Å²) in [6.45, 7) is 0.241. The first kappa shape index (κ1) is 25.5. The van der Waals surface area contributed by atoms with Gasteiger partial charge in [0.05, 0.1) is 18.7 Å². The topological polar surface area (TPSA) is 207 Å². The van der Waals surface area contributed by atoms with E-state index in [4.69, 9.17) is 31.2 Å². The van der Waals surface area contributed by atoms with Gasteiger partial charge in [0.15, 0.2) is 5.96 Å². The maximum atomic E-state index is 12.7. The first-order valence-corrected chi connectivity index (χ1v) is 10.7. The normalized spacial score (nSPS) is 14.5. The SMILES string of the molecule is NC(N)=Nc1ccc2c(c1)OCCc1cc(CCC(O)N[C@@H](CC(=O)O)C(=O)O)ccc1OC2=O. The summed E-state index contributed by atoms with van der Waals surface area (Å²) in [5.41, 5.74) is 13.0. The number of nitrogens with zero attached hydrogens (tertiary/aromatic N) is 1. The van der Waals surface area contributed by atoms with Crippen molar-refractivity contribution in [2.45, 2.75) is 38.0 Å². The van der Waals surface area contributed by atoms with Gasteiger partial charge in [0.1, 0.15) is 29.3 Å². The predicted octanol–water partition coefficient (Wildman–Crippen LogP) is 0.514. The minimum atomic E-state index is -1.41. The van der Waals surface area contributed by atoms with E-state index in [9.17, 15) is 19.5 Å². The molecule has 0 amide bonds. The molecule has 8 N–H and O–H groups in total. The second-order valence-corrected chi connectivity index (χ2v) is 7.86. The van der Waals surface area contributed by atoms with Crippen molar-refractivity contribution in [3.8, 4) is 11.5 Å². The number of nitrogens with one attached hydrogen (secondary N) is 1. The average molecular weight is 486 g/mol. The van der Waals surface area contributed by atoms with E-state index in [0.717, 1.165) is 5.56 Å². The predicted molar refractivity (Wildman–Crippen MR) is 124 cm³/mol. The van der Waals surface area contributed by atoms with Crippen molar-refractivity contribution in [1.82, 2.24) is 5.32 Å². The van der Waals surface area contributed by atoms with Gasteiger partial charge >= 0.3 is 17.9 Å². The van der Waals surface area contributed by atoms with E-state index in [1.165, 1.54) is 6.07 Å². The number of carboxylic acid groups (broad SMARTS) is 2. The Hall–Kier alpha value is -4.16.